The van der Waals surface area contributed by atoms with Crippen molar-refractivity contribution < 1.29 is 0 Å². The fourth-order valence-corrected chi connectivity index (χ4v) is 2.90. The lowest BCUT2D eigenvalue weighted by atomic mass is 9.84. The standard InChI is InChI=1S/C15H22N4/c1-11-7-12(9-16)8-15(18-11)19-14(10-17)13-5-3-2-4-6-13/h7-8,13-14H,2-6,10,17H2,1H3,(H,18,19). The van der Waals surface area contributed by atoms with Crippen LogP contribution in [0.3, 0.4) is 0 Å². The highest BCUT2D eigenvalue weighted by atomic mass is 15.0. The van der Waals surface area contributed by atoms with Crippen LogP contribution in [0, 0.1) is 24.2 Å². The molecule has 102 valence electrons. The summed E-state index contributed by atoms with van der Waals surface area (Å²) in [6.07, 6.45) is 6.42. The van der Waals surface area contributed by atoms with Gasteiger partial charge in [-0.3, -0.25) is 0 Å². The highest BCUT2D eigenvalue weighted by Gasteiger charge is 2.22. The van der Waals surface area contributed by atoms with Crippen LogP contribution in [-0.4, -0.2) is 17.6 Å². The molecule has 4 heteroatoms. The van der Waals surface area contributed by atoms with Gasteiger partial charge in [0.2, 0.25) is 0 Å². The molecule has 1 aromatic rings. The van der Waals surface area contributed by atoms with Crippen LogP contribution in [0.5, 0.6) is 0 Å². The number of aromatic nitrogens is 1. The van der Waals surface area contributed by atoms with E-state index in [-0.39, 0.29) is 6.04 Å². The van der Waals surface area contributed by atoms with Crippen LogP contribution < -0.4 is 11.1 Å². The molecule has 1 atom stereocenters. The molecule has 0 saturated heterocycles. The van der Waals surface area contributed by atoms with Gasteiger partial charge in [-0.25, -0.2) is 4.98 Å². The largest absolute Gasteiger partial charge is 0.366 e. The van der Waals surface area contributed by atoms with Crippen molar-refractivity contribution >= 4 is 5.82 Å². The molecule has 0 aromatic carbocycles. The molecule has 2 rings (SSSR count). The van der Waals surface area contributed by atoms with Gasteiger partial charge < -0.3 is 11.1 Å². The Balaban J connectivity index is 2.09. The number of nitrogens with two attached hydrogens (primary N) is 1. The number of hydrogen-bond acceptors (Lipinski definition) is 4. The van der Waals surface area contributed by atoms with Crippen molar-refractivity contribution in [1.29, 1.82) is 5.26 Å². The molecular formula is C15H22N4. The molecule has 0 spiro atoms. The van der Waals surface area contributed by atoms with Crippen LogP contribution in [0.4, 0.5) is 5.82 Å². The molecule has 1 fully saturated rings. The van der Waals surface area contributed by atoms with E-state index in [0.29, 0.717) is 18.0 Å². The van der Waals surface area contributed by atoms with E-state index in [4.69, 9.17) is 11.0 Å². The molecule has 1 unspecified atom stereocenters. The lowest BCUT2D eigenvalue weighted by Crippen LogP contribution is -2.37. The van der Waals surface area contributed by atoms with Gasteiger partial charge in [0.25, 0.3) is 0 Å². The number of nitrogens with one attached hydrogen (secondary N) is 1. The second-order valence-electron chi connectivity index (χ2n) is 5.38. The Labute approximate surface area is 115 Å². The van der Waals surface area contributed by atoms with Crippen molar-refractivity contribution in [3.8, 4) is 6.07 Å². The first-order valence-electron chi connectivity index (χ1n) is 7.08. The van der Waals surface area contributed by atoms with E-state index in [1.807, 2.05) is 6.92 Å². The Bertz CT molecular complexity index is 458. The summed E-state index contributed by atoms with van der Waals surface area (Å²) in [4.78, 5) is 4.45. The first-order valence-corrected chi connectivity index (χ1v) is 7.08. The van der Waals surface area contributed by atoms with Crippen molar-refractivity contribution in [2.24, 2.45) is 11.7 Å². The van der Waals surface area contributed by atoms with E-state index in [2.05, 4.69) is 16.4 Å². The lowest BCUT2D eigenvalue weighted by molar-refractivity contribution is 0.320. The topological polar surface area (TPSA) is 74.7 Å². The molecule has 19 heavy (non-hydrogen) atoms. The second kappa shape index (κ2) is 6.53. The maximum absolute atomic E-state index is 9.00. The average Bonchev–Trinajstić information content (AvgIpc) is 2.45. The smallest absolute Gasteiger partial charge is 0.127 e. The van der Waals surface area contributed by atoms with Gasteiger partial charge in [-0.15, -0.1) is 0 Å². The molecule has 0 aliphatic heterocycles. The number of aryl methyl sites for hydroxylation is 1. The van der Waals surface area contributed by atoms with Crippen molar-refractivity contribution in [3.63, 3.8) is 0 Å². The van der Waals surface area contributed by atoms with Crippen LogP contribution in [0.25, 0.3) is 0 Å². The maximum atomic E-state index is 9.00. The van der Waals surface area contributed by atoms with E-state index in [1.54, 1.807) is 12.1 Å². The third kappa shape index (κ3) is 3.68. The molecule has 1 aromatic heterocycles. The second-order valence-corrected chi connectivity index (χ2v) is 5.38. The third-order valence-corrected chi connectivity index (χ3v) is 3.89. The Kier molecular flexibility index (Phi) is 4.75. The first kappa shape index (κ1) is 13.8. The monoisotopic (exact) mass is 258 g/mol. The van der Waals surface area contributed by atoms with Crippen LogP contribution in [-0.2, 0) is 0 Å². The number of hydrogen-bond donors (Lipinski definition) is 2. The zero-order valence-electron chi connectivity index (χ0n) is 11.5. The Morgan fingerprint density at radius 2 is 2.16 bits per heavy atom. The van der Waals surface area contributed by atoms with Crippen molar-refractivity contribution in [3.05, 3.63) is 23.4 Å². The molecule has 0 bridgehead atoms. The van der Waals surface area contributed by atoms with Crippen LogP contribution in [0.1, 0.15) is 43.4 Å². The molecule has 1 heterocycles. The van der Waals surface area contributed by atoms with Crippen LogP contribution in [0.15, 0.2) is 12.1 Å². The number of nitriles is 1. The Hall–Kier alpha value is -1.60. The summed E-state index contributed by atoms with van der Waals surface area (Å²) in [5.41, 5.74) is 7.41. The van der Waals surface area contributed by atoms with Crippen LogP contribution >= 0.6 is 0 Å². The highest BCUT2D eigenvalue weighted by Crippen LogP contribution is 2.27. The zero-order valence-corrected chi connectivity index (χ0v) is 11.5. The van der Waals surface area contributed by atoms with Crippen molar-refractivity contribution in [2.45, 2.75) is 45.1 Å². The number of pyridine rings is 1. The van der Waals surface area contributed by atoms with Crippen molar-refractivity contribution in [1.82, 2.24) is 4.98 Å². The van der Waals surface area contributed by atoms with Crippen LogP contribution in [0.2, 0.25) is 0 Å². The summed E-state index contributed by atoms with van der Waals surface area (Å²) in [5.74, 6) is 1.41. The van der Waals surface area contributed by atoms with Gasteiger partial charge >= 0.3 is 0 Å². The van der Waals surface area contributed by atoms with Gasteiger partial charge in [0, 0.05) is 18.3 Å². The molecular weight excluding hydrogens is 236 g/mol. The molecule has 0 radical (unpaired) electrons. The summed E-state index contributed by atoms with van der Waals surface area (Å²) in [5, 5.41) is 12.4. The Morgan fingerprint density at radius 1 is 1.42 bits per heavy atom. The van der Waals surface area contributed by atoms with Crippen molar-refractivity contribution in [2.75, 3.05) is 11.9 Å². The highest BCUT2D eigenvalue weighted by molar-refractivity contribution is 5.45. The van der Waals surface area contributed by atoms with E-state index in [9.17, 15) is 0 Å². The molecule has 0 amide bonds. The minimum Gasteiger partial charge on any atom is -0.366 e. The van der Waals surface area contributed by atoms with E-state index in [1.165, 1.54) is 32.1 Å². The number of nitrogens with zero attached hydrogens (tertiary/aromatic N) is 2. The predicted molar refractivity (Wildman–Crippen MR) is 76.7 cm³/mol. The molecule has 1 aliphatic rings. The number of anilines is 1. The minimum atomic E-state index is 0.265. The minimum absolute atomic E-state index is 0.265. The van der Waals surface area contributed by atoms with E-state index < -0.39 is 0 Å². The van der Waals surface area contributed by atoms with E-state index >= 15 is 0 Å². The summed E-state index contributed by atoms with van der Waals surface area (Å²) in [6.45, 7) is 2.52. The normalized spacial score (nSPS) is 17.7. The molecule has 3 N–H and O–H groups in total. The quantitative estimate of drug-likeness (QED) is 0.870. The summed E-state index contributed by atoms with van der Waals surface area (Å²) in [7, 11) is 0. The lowest BCUT2D eigenvalue weighted by Gasteiger charge is -2.30. The summed E-state index contributed by atoms with van der Waals surface area (Å²) >= 11 is 0. The predicted octanol–water partition coefficient (Wildman–Crippen LogP) is 2.58. The van der Waals surface area contributed by atoms with E-state index in [0.717, 1.165) is 11.5 Å². The van der Waals surface area contributed by atoms with Gasteiger partial charge in [-0.2, -0.15) is 5.26 Å². The zero-order chi connectivity index (χ0) is 13.7. The van der Waals surface area contributed by atoms with Gasteiger partial charge in [0.15, 0.2) is 0 Å². The molecule has 1 aliphatic carbocycles. The van der Waals surface area contributed by atoms with Gasteiger partial charge in [-0.1, -0.05) is 19.3 Å². The summed E-state index contributed by atoms with van der Waals surface area (Å²) < 4.78 is 0. The first-order chi connectivity index (χ1) is 9.22. The average molecular weight is 258 g/mol. The van der Waals surface area contributed by atoms with Gasteiger partial charge in [-0.05, 0) is 37.8 Å². The van der Waals surface area contributed by atoms with Gasteiger partial charge in [0.1, 0.15) is 5.82 Å². The number of rotatable bonds is 4. The van der Waals surface area contributed by atoms with Gasteiger partial charge in [0.05, 0.1) is 11.6 Å². The SMILES string of the molecule is Cc1cc(C#N)cc(NC(CN)C2CCCCC2)n1. The third-order valence-electron chi connectivity index (χ3n) is 3.89. The fraction of sp³-hybridized carbons (Fsp3) is 0.600. The Morgan fingerprint density at radius 3 is 2.79 bits per heavy atom. The maximum Gasteiger partial charge on any atom is 0.127 e. The molecule has 4 nitrogen and oxygen atoms in total. The summed E-state index contributed by atoms with van der Waals surface area (Å²) in [6, 6.07) is 6.03. The fourth-order valence-electron chi connectivity index (χ4n) is 2.90. The molecule has 1 saturated carbocycles.